The fraction of sp³-hybridized carbons (Fsp3) is 0.556. The number of hydrogen-bond donors (Lipinski definition) is 1. The highest BCUT2D eigenvalue weighted by atomic mass is 35.5. The second-order valence-electron chi connectivity index (χ2n) is 2.68. The first-order chi connectivity index (χ1) is 7.11. The van der Waals surface area contributed by atoms with Crippen LogP contribution in [0.15, 0.2) is 11.6 Å². The Morgan fingerprint density at radius 2 is 2.27 bits per heavy atom. The summed E-state index contributed by atoms with van der Waals surface area (Å²) in [5.41, 5.74) is 1.42. The maximum Gasteiger partial charge on any atom is 0.329 e. The van der Waals surface area contributed by atoms with Gasteiger partial charge < -0.3 is 10.1 Å². The second kappa shape index (κ2) is 8.61. The smallest absolute Gasteiger partial charge is 0.329 e. The molecule has 0 aromatic carbocycles. The molecule has 1 amide bonds. The molecule has 0 saturated carbocycles. The van der Waals surface area contributed by atoms with Gasteiger partial charge in [-0.25, -0.2) is 4.79 Å². The molecular weight excluding hydrogens is 238 g/mol. The van der Waals surface area contributed by atoms with Crippen molar-refractivity contribution in [2.45, 2.75) is 13.0 Å². The summed E-state index contributed by atoms with van der Waals surface area (Å²) >= 11 is 6.82. The topological polar surface area (TPSA) is 55.4 Å². The highest BCUT2D eigenvalue weighted by molar-refractivity contribution is 7.99. The zero-order chi connectivity index (χ0) is 11.7. The van der Waals surface area contributed by atoms with Crippen LogP contribution in [0.25, 0.3) is 0 Å². The van der Waals surface area contributed by atoms with Crippen LogP contribution in [0, 0.1) is 0 Å². The minimum atomic E-state index is -0.596. The predicted molar refractivity (Wildman–Crippen MR) is 61.9 cm³/mol. The van der Waals surface area contributed by atoms with Gasteiger partial charge in [-0.05, 0) is 0 Å². The van der Waals surface area contributed by atoms with Gasteiger partial charge in [0.1, 0.15) is 6.04 Å². The average molecular weight is 252 g/mol. The first-order valence-corrected chi connectivity index (χ1v) is 5.88. The van der Waals surface area contributed by atoms with Gasteiger partial charge in [-0.1, -0.05) is 17.7 Å². The Bertz CT molecular complexity index is 246. The van der Waals surface area contributed by atoms with Gasteiger partial charge in [0.15, 0.2) is 0 Å². The molecule has 0 aliphatic heterocycles. The minimum absolute atomic E-state index is 0.251. The molecule has 15 heavy (non-hydrogen) atoms. The van der Waals surface area contributed by atoms with Gasteiger partial charge in [-0.2, -0.15) is 11.8 Å². The normalized spacial score (nSPS) is 12.5. The van der Waals surface area contributed by atoms with Crippen molar-refractivity contribution in [3.63, 3.8) is 0 Å². The van der Waals surface area contributed by atoms with Gasteiger partial charge in [0.25, 0.3) is 0 Å². The Balaban J connectivity index is 4.01. The van der Waals surface area contributed by atoms with Crippen LogP contribution in [0.3, 0.4) is 0 Å². The van der Waals surface area contributed by atoms with Crippen LogP contribution in [0.4, 0.5) is 0 Å². The lowest BCUT2D eigenvalue weighted by Gasteiger charge is -2.14. The molecule has 4 nitrogen and oxygen atoms in total. The van der Waals surface area contributed by atoms with Crippen molar-refractivity contribution in [2.75, 3.05) is 18.6 Å². The number of ether oxygens (including phenoxy) is 1. The van der Waals surface area contributed by atoms with Gasteiger partial charge in [0.05, 0.1) is 7.11 Å². The van der Waals surface area contributed by atoms with E-state index in [0.29, 0.717) is 11.5 Å². The molecule has 0 radical (unpaired) electrons. The maximum absolute atomic E-state index is 11.2. The average Bonchev–Trinajstić information content (AvgIpc) is 2.21. The summed E-state index contributed by atoms with van der Waals surface area (Å²) in [7, 11) is 1.29. The molecule has 0 bridgehead atoms. The van der Waals surface area contributed by atoms with E-state index >= 15 is 0 Å². The third-order valence-electron chi connectivity index (χ3n) is 1.45. The van der Waals surface area contributed by atoms with Crippen molar-refractivity contribution < 1.29 is 14.3 Å². The first kappa shape index (κ1) is 14.3. The van der Waals surface area contributed by atoms with Gasteiger partial charge >= 0.3 is 5.97 Å². The molecule has 0 aromatic heterocycles. The molecule has 0 saturated heterocycles. The predicted octanol–water partition coefficient (Wildman–Crippen LogP) is 1.15. The van der Waals surface area contributed by atoms with Crippen molar-refractivity contribution in [2.24, 2.45) is 0 Å². The molecule has 0 rings (SSSR count). The van der Waals surface area contributed by atoms with Crippen LogP contribution in [0.1, 0.15) is 6.92 Å². The van der Waals surface area contributed by atoms with Crippen LogP contribution in [0.2, 0.25) is 0 Å². The first-order valence-electron chi connectivity index (χ1n) is 4.29. The Labute approximate surface area is 98.4 Å². The molecule has 0 aliphatic rings. The molecule has 0 heterocycles. The number of carbonyl (C=O) groups is 2. The fourth-order valence-corrected chi connectivity index (χ4v) is 1.86. The van der Waals surface area contributed by atoms with E-state index in [1.807, 2.05) is 0 Å². The zero-order valence-electron chi connectivity index (χ0n) is 8.66. The zero-order valence-corrected chi connectivity index (χ0v) is 10.2. The summed E-state index contributed by atoms with van der Waals surface area (Å²) in [6.07, 6.45) is 1.76. The van der Waals surface area contributed by atoms with Gasteiger partial charge in [-0.3, -0.25) is 4.79 Å². The molecule has 86 valence electrons. The summed E-state index contributed by atoms with van der Waals surface area (Å²) in [6, 6.07) is -0.596. The summed E-state index contributed by atoms with van der Waals surface area (Å²) in [4.78, 5) is 22.0. The fourth-order valence-electron chi connectivity index (χ4n) is 0.847. The van der Waals surface area contributed by atoms with Gasteiger partial charge in [0.2, 0.25) is 5.91 Å². The summed E-state index contributed by atoms with van der Waals surface area (Å²) in [5, 5.41) is 2.52. The van der Waals surface area contributed by atoms with E-state index in [4.69, 9.17) is 11.6 Å². The molecule has 6 heteroatoms. The standard InChI is InChI=1S/C9H14ClNO3S/c1-7(12)11-8(9(13)14-2)6-15-5-3-4-10/h3-4,8H,5-6H2,1-2H3,(H,11,12)/t8-/m0/s1. The van der Waals surface area contributed by atoms with Crippen LogP contribution < -0.4 is 5.32 Å². The van der Waals surface area contributed by atoms with Gasteiger partial charge in [0, 0.05) is 24.0 Å². The van der Waals surface area contributed by atoms with E-state index in [2.05, 4.69) is 10.1 Å². The number of thioether (sulfide) groups is 1. The maximum atomic E-state index is 11.2. The molecule has 1 atom stereocenters. The number of esters is 1. The highest BCUT2D eigenvalue weighted by Gasteiger charge is 2.19. The number of halogens is 1. The third kappa shape index (κ3) is 7.27. The van der Waals surface area contributed by atoms with E-state index in [1.165, 1.54) is 31.3 Å². The lowest BCUT2D eigenvalue weighted by molar-refractivity contribution is -0.144. The van der Waals surface area contributed by atoms with Gasteiger partial charge in [-0.15, -0.1) is 0 Å². The number of nitrogens with one attached hydrogen (secondary N) is 1. The molecule has 0 aliphatic carbocycles. The molecule has 0 spiro atoms. The van der Waals surface area contributed by atoms with Crippen molar-refractivity contribution in [1.82, 2.24) is 5.32 Å². The number of carbonyl (C=O) groups excluding carboxylic acids is 2. The molecular formula is C9H14ClNO3S. The van der Waals surface area contributed by atoms with Crippen molar-refractivity contribution >= 4 is 35.2 Å². The SMILES string of the molecule is COC(=O)[C@H](CSCC=CCl)NC(C)=O. The lowest BCUT2D eigenvalue weighted by atomic mass is 10.3. The monoisotopic (exact) mass is 251 g/mol. The molecule has 0 fully saturated rings. The largest absolute Gasteiger partial charge is 0.467 e. The third-order valence-corrected chi connectivity index (χ3v) is 2.63. The van der Waals surface area contributed by atoms with Crippen molar-refractivity contribution in [1.29, 1.82) is 0 Å². The Morgan fingerprint density at radius 1 is 1.60 bits per heavy atom. The van der Waals surface area contributed by atoms with Crippen LogP contribution >= 0.6 is 23.4 Å². The van der Waals surface area contributed by atoms with E-state index in [1.54, 1.807) is 6.08 Å². The summed E-state index contributed by atoms with van der Waals surface area (Å²) in [5.74, 6) is 0.468. The Kier molecular flexibility index (Phi) is 8.22. The van der Waals surface area contributed by atoms with Crippen LogP contribution in [-0.4, -0.2) is 36.5 Å². The second-order valence-corrected chi connectivity index (χ2v) is 4.00. The van der Waals surface area contributed by atoms with Crippen LogP contribution in [-0.2, 0) is 14.3 Å². The Hall–Kier alpha value is -0.680. The number of rotatable bonds is 6. The summed E-state index contributed by atoms with van der Waals surface area (Å²) < 4.78 is 4.56. The quantitative estimate of drug-likeness (QED) is 0.568. The molecule has 0 aromatic rings. The molecule has 1 N–H and O–H groups in total. The summed E-state index contributed by atoms with van der Waals surface area (Å²) in [6.45, 7) is 1.36. The van der Waals surface area contributed by atoms with Crippen molar-refractivity contribution in [3.8, 4) is 0 Å². The number of methoxy groups -OCH3 is 1. The highest BCUT2D eigenvalue weighted by Crippen LogP contribution is 2.05. The lowest BCUT2D eigenvalue weighted by Crippen LogP contribution is -2.42. The van der Waals surface area contributed by atoms with E-state index in [-0.39, 0.29) is 5.91 Å². The van der Waals surface area contributed by atoms with E-state index in [0.717, 1.165) is 0 Å². The van der Waals surface area contributed by atoms with Crippen LogP contribution in [0.5, 0.6) is 0 Å². The van der Waals surface area contributed by atoms with E-state index < -0.39 is 12.0 Å². The van der Waals surface area contributed by atoms with E-state index in [9.17, 15) is 9.59 Å². The molecule has 0 unspecified atom stereocenters. The van der Waals surface area contributed by atoms with Crippen molar-refractivity contribution in [3.05, 3.63) is 11.6 Å². The minimum Gasteiger partial charge on any atom is -0.467 e. The number of amides is 1. The Morgan fingerprint density at radius 3 is 2.73 bits per heavy atom. The number of hydrogen-bond acceptors (Lipinski definition) is 4.